The van der Waals surface area contributed by atoms with Gasteiger partial charge >= 0.3 is 8.93 Å². The maximum absolute atomic E-state index is 10.3. The monoisotopic (exact) mass is 174 g/mol. The van der Waals surface area contributed by atoms with Gasteiger partial charge in [0, 0.05) is 6.04 Å². The molecular formula is C8H18O2Si. The minimum absolute atomic E-state index is 0.517. The fourth-order valence-corrected chi connectivity index (χ4v) is 1.56. The minimum atomic E-state index is -2.19. The van der Waals surface area contributed by atoms with Crippen LogP contribution in [0.15, 0.2) is 0 Å². The largest absolute Gasteiger partial charge is 0.540 e. The average molecular weight is 174 g/mol. The van der Waals surface area contributed by atoms with Crippen molar-refractivity contribution in [3.05, 3.63) is 0 Å². The van der Waals surface area contributed by atoms with Crippen molar-refractivity contribution < 1.29 is 9.26 Å². The van der Waals surface area contributed by atoms with E-state index in [4.69, 9.17) is 4.80 Å². The van der Waals surface area contributed by atoms with Crippen LogP contribution in [-0.4, -0.2) is 13.7 Å². The lowest BCUT2D eigenvalue weighted by Crippen LogP contribution is -1.96. The smallest absolute Gasteiger partial charge is 0.499 e. The molecule has 2 nitrogen and oxygen atoms in total. The molecule has 0 aliphatic heterocycles. The van der Waals surface area contributed by atoms with Crippen molar-refractivity contribution in [1.29, 1.82) is 0 Å². The van der Waals surface area contributed by atoms with Gasteiger partial charge in [-0.2, -0.15) is 0 Å². The predicted molar refractivity (Wildman–Crippen MR) is 46.8 cm³/mol. The molecule has 0 fully saturated rings. The minimum Gasteiger partial charge on any atom is -0.540 e. The van der Waals surface area contributed by atoms with Crippen molar-refractivity contribution in [3.8, 4) is 0 Å². The zero-order valence-corrected chi connectivity index (χ0v) is 8.47. The number of hydrogen-bond acceptors (Lipinski definition) is 1. The Morgan fingerprint density at radius 3 is 2.36 bits per heavy atom. The summed E-state index contributed by atoms with van der Waals surface area (Å²) in [4.78, 5) is 8.51. The van der Waals surface area contributed by atoms with Crippen molar-refractivity contribution in [3.63, 3.8) is 0 Å². The summed E-state index contributed by atoms with van der Waals surface area (Å²) in [5.74, 6) is 0.765. The van der Waals surface area contributed by atoms with E-state index in [1.807, 2.05) is 0 Å². The lowest BCUT2D eigenvalue weighted by molar-refractivity contribution is 0.440. The van der Waals surface area contributed by atoms with Crippen molar-refractivity contribution in [2.75, 3.05) is 0 Å². The third-order valence-corrected chi connectivity index (χ3v) is 2.45. The Kier molecular flexibility index (Phi) is 6.41. The van der Waals surface area contributed by atoms with Gasteiger partial charge in [0.2, 0.25) is 0 Å². The molecule has 0 aliphatic carbocycles. The molecule has 0 bridgehead atoms. The van der Waals surface area contributed by atoms with Crippen LogP contribution in [0.5, 0.6) is 0 Å². The first-order valence-corrected chi connectivity index (χ1v) is 5.91. The summed E-state index contributed by atoms with van der Waals surface area (Å²) in [6.45, 7) is 4.41. The standard InChI is InChI=1S/C8H18O2Si/c1-8(2)6-4-3-5-7-11(9)10/h8-9H,3-7H2,1-2H3. The Hall–Kier alpha value is -0.183. The molecule has 0 heterocycles. The molecule has 1 N–H and O–H groups in total. The van der Waals surface area contributed by atoms with Crippen molar-refractivity contribution in [1.82, 2.24) is 0 Å². The summed E-state index contributed by atoms with van der Waals surface area (Å²) in [5.41, 5.74) is 0. The van der Waals surface area contributed by atoms with E-state index >= 15 is 0 Å². The molecular weight excluding hydrogens is 156 g/mol. The maximum atomic E-state index is 10.3. The molecule has 0 rings (SSSR count). The Morgan fingerprint density at radius 1 is 1.27 bits per heavy atom. The number of rotatable bonds is 6. The van der Waals surface area contributed by atoms with Crippen molar-refractivity contribution in [2.45, 2.75) is 45.6 Å². The summed E-state index contributed by atoms with van der Waals surface area (Å²) in [7, 11) is -2.19. The third kappa shape index (κ3) is 9.82. The first-order valence-electron chi connectivity index (χ1n) is 4.34. The summed E-state index contributed by atoms with van der Waals surface area (Å²) in [6.07, 6.45) is 4.47. The third-order valence-electron chi connectivity index (χ3n) is 1.67. The number of hydrogen-bond donors (Lipinski definition) is 1. The van der Waals surface area contributed by atoms with Crippen molar-refractivity contribution in [2.24, 2.45) is 5.92 Å². The Bertz CT molecular complexity index is 113. The second-order valence-electron chi connectivity index (χ2n) is 3.39. The van der Waals surface area contributed by atoms with E-state index in [0.29, 0.717) is 6.04 Å². The van der Waals surface area contributed by atoms with Gasteiger partial charge in [-0.25, -0.2) is 0 Å². The fourth-order valence-electron chi connectivity index (χ4n) is 1.01. The van der Waals surface area contributed by atoms with Crippen LogP contribution in [0.1, 0.15) is 39.5 Å². The van der Waals surface area contributed by atoms with Crippen LogP contribution in [0.3, 0.4) is 0 Å². The Balaban J connectivity index is 2.97. The van der Waals surface area contributed by atoms with E-state index < -0.39 is 8.93 Å². The van der Waals surface area contributed by atoms with Crippen LogP contribution < -0.4 is 0 Å². The van der Waals surface area contributed by atoms with Gasteiger partial charge in [-0.15, -0.1) is 0 Å². The van der Waals surface area contributed by atoms with Crippen LogP contribution in [-0.2, 0) is 4.46 Å². The topological polar surface area (TPSA) is 37.3 Å². The van der Waals surface area contributed by atoms with E-state index in [2.05, 4.69) is 13.8 Å². The predicted octanol–water partition coefficient (Wildman–Crippen LogP) is 2.11. The Morgan fingerprint density at radius 2 is 1.91 bits per heavy atom. The molecule has 0 saturated carbocycles. The fraction of sp³-hybridized carbons (Fsp3) is 1.00. The highest BCUT2D eigenvalue weighted by atomic mass is 28.3. The van der Waals surface area contributed by atoms with Gasteiger partial charge in [0.15, 0.2) is 0 Å². The lowest BCUT2D eigenvalue weighted by atomic mass is 10.1. The molecule has 0 aromatic rings. The molecule has 0 aliphatic rings. The summed E-state index contributed by atoms with van der Waals surface area (Å²) >= 11 is 0. The molecule has 0 aromatic carbocycles. The van der Waals surface area contributed by atoms with Gasteiger partial charge in [0.25, 0.3) is 0 Å². The molecule has 0 saturated heterocycles. The second-order valence-corrected chi connectivity index (χ2v) is 4.67. The van der Waals surface area contributed by atoms with Gasteiger partial charge in [-0.05, 0) is 12.3 Å². The highest BCUT2D eigenvalue weighted by Crippen LogP contribution is 2.09. The molecule has 0 unspecified atom stereocenters. The highest BCUT2D eigenvalue weighted by Gasteiger charge is 2.00. The van der Waals surface area contributed by atoms with E-state index in [1.54, 1.807) is 0 Å². The van der Waals surface area contributed by atoms with Crippen LogP contribution in [0.2, 0.25) is 6.04 Å². The molecule has 3 heteroatoms. The van der Waals surface area contributed by atoms with E-state index in [9.17, 15) is 4.46 Å². The van der Waals surface area contributed by atoms with Gasteiger partial charge in [0.1, 0.15) is 0 Å². The van der Waals surface area contributed by atoms with E-state index in [-0.39, 0.29) is 0 Å². The zero-order chi connectivity index (χ0) is 8.69. The molecule has 0 aromatic heterocycles. The first-order chi connectivity index (χ1) is 5.13. The van der Waals surface area contributed by atoms with Gasteiger partial charge in [-0.3, -0.25) is 0 Å². The second kappa shape index (κ2) is 6.52. The van der Waals surface area contributed by atoms with Gasteiger partial charge in [0.05, 0.1) is 0 Å². The first kappa shape index (κ1) is 10.8. The summed E-state index contributed by atoms with van der Waals surface area (Å²) in [5, 5.41) is 0. The molecule has 0 amide bonds. The van der Waals surface area contributed by atoms with Crippen LogP contribution in [0.4, 0.5) is 0 Å². The summed E-state index contributed by atoms with van der Waals surface area (Å²) in [6, 6.07) is 0.517. The molecule has 0 spiro atoms. The normalized spacial score (nSPS) is 10.5. The molecule has 11 heavy (non-hydrogen) atoms. The zero-order valence-electron chi connectivity index (χ0n) is 7.47. The molecule has 0 atom stereocenters. The van der Waals surface area contributed by atoms with Crippen LogP contribution in [0.25, 0.3) is 0 Å². The average Bonchev–Trinajstić information content (AvgIpc) is 1.85. The van der Waals surface area contributed by atoms with E-state index in [1.165, 1.54) is 12.8 Å². The maximum Gasteiger partial charge on any atom is 0.499 e. The lowest BCUT2D eigenvalue weighted by Gasteiger charge is -2.01. The molecule has 66 valence electrons. The Labute approximate surface area is 70.4 Å². The van der Waals surface area contributed by atoms with Crippen molar-refractivity contribution >= 4 is 8.93 Å². The van der Waals surface area contributed by atoms with Crippen LogP contribution >= 0.6 is 0 Å². The quantitative estimate of drug-likeness (QED) is 0.494. The SMILES string of the molecule is CC(C)CCCCC[Si](=O)O. The molecule has 0 radical (unpaired) electrons. The summed E-state index contributed by atoms with van der Waals surface area (Å²) < 4.78 is 10.3. The highest BCUT2D eigenvalue weighted by molar-refractivity contribution is 6.32. The number of unbranched alkanes of at least 4 members (excludes halogenated alkanes) is 2. The van der Waals surface area contributed by atoms with Gasteiger partial charge < -0.3 is 9.26 Å². The van der Waals surface area contributed by atoms with Crippen LogP contribution in [0, 0.1) is 5.92 Å². The van der Waals surface area contributed by atoms with E-state index in [0.717, 1.165) is 18.8 Å². The van der Waals surface area contributed by atoms with Gasteiger partial charge in [-0.1, -0.05) is 33.1 Å².